The minimum absolute atomic E-state index is 0.287. The summed E-state index contributed by atoms with van der Waals surface area (Å²) in [6.07, 6.45) is 1.78. The molecule has 0 saturated carbocycles. The molecule has 32 heavy (non-hydrogen) atoms. The molecule has 7 heteroatoms. The Morgan fingerprint density at radius 3 is 2.38 bits per heavy atom. The summed E-state index contributed by atoms with van der Waals surface area (Å²) in [5.74, 6) is 0.0363. The molecular formula is C25H20ClFN4S. The van der Waals surface area contributed by atoms with Gasteiger partial charge in [0, 0.05) is 27.2 Å². The molecule has 0 aliphatic carbocycles. The number of nitrogens with one attached hydrogen (secondary N) is 1. The van der Waals surface area contributed by atoms with E-state index in [0.717, 1.165) is 32.8 Å². The van der Waals surface area contributed by atoms with Crippen molar-refractivity contribution in [1.82, 2.24) is 9.71 Å². The van der Waals surface area contributed by atoms with Crippen LogP contribution in [0.2, 0.25) is 5.02 Å². The molecule has 0 atom stereocenters. The lowest BCUT2D eigenvalue weighted by Gasteiger charge is -2.12. The van der Waals surface area contributed by atoms with E-state index in [0.29, 0.717) is 17.5 Å². The standard InChI is InChI=1S/C25H20ClFN4S/c26-20-10-6-19(7-11-20)24-23(18-8-12-21(27)13-9-18)14-17(15-29-24)16-30-25(28)31-32-22-4-2-1-3-5-22/h1-15H,16H2,(H3,28,30,31). The number of halogens is 2. The lowest BCUT2D eigenvalue weighted by molar-refractivity contribution is 0.628. The Labute approximate surface area is 195 Å². The van der Waals surface area contributed by atoms with E-state index in [4.69, 9.17) is 17.3 Å². The van der Waals surface area contributed by atoms with Crippen molar-refractivity contribution in [3.8, 4) is 22.4 Å². The van der Waals surface area contributed by atoms with Crippen LogP contribution in [0.15, 0.2) is 101 Å². The number of nitrogens with zero attached hydrogens (tertiary/aromatic N) is 2. The number of benzene rings is 3. The minimum atomic E-state index is -0.287. The van der Waals surface area contributed by atoms with Gasteiger partial charge in [-0.3, -0.25) is 9.71 Å². The van der Waals surface area contributed by atoms with Crippen LogP contribution in [-0.2, 0) is 6.54 Å². The summed E-state index contributed by atoms with van der Waals surface area (Å²) in [5, 5.41) is 0.652. The first-order chi connectivity index (χ1) is 15.6. The lowest BCUT2D eigenvalue weighted by atomic mass is 9.98. The van der Waals surface area contributed by atoms with Crippen molar-refractivity contribution in [2.24, 2.45) is 10.7 Å². The molecule has 1 aromatic heterocycles. The third-order valence-electron chi connectivity index (χ3n) is 4.67. The predicted octanol–water partition coefficient (Wildman–Crippen LogP) is 6.32. The molecule has 0 aliphatic heterocycles. The van der Waals surface area contributed by atoms with E-state index in [2.05, 4.69) is 14.7 Å². The van der Waals surface area contributed by atoms with E-state index in [9.17, 15) is 4.39 Å². The fourth-order valence-electron chi connectivity index (χ4n) is 3.09. The minimum Gasteiger partial charge on any atom is -0.369 e. The predicted molar refractivity (Wildman–Crippen MR) is 131 cm³/mol. The summed E-state index contributed by atoms with van der Waals surface area (Å²) in [6.45, 7) is 0.357. The molecule has 4 nitrogen and oxygen atoms in total. The third kappa shape index (κ3) is 5.66. The maximum absolute atomic E-state index is 13.5. The molecule has 0 amide bonds. The van der Waals surface area contributed by atoms with Crippen molar-refractivity contribution in [3.05, 3.63) is 108 Å². The highest BCUT2D eigenvalue weighted by Gasteiger charge is 2.11. The van der Waals surface area contributed by atoms with Gasteiger partial charge in [-0.05, 0) is 65.5 Å². The van der Waals surface area contributed by atoms with Crippen molar-refractivity contribution < 1.29 is 4.39 Å². The van der Waals surface area contributed by atoms with Crippen molar-refractivity contribution in [2.45, 2.75) is 11.4 Å². The van der Waals surface area contributed by atoms with E-state index in [1.807, 2.05) is 60.7 Å². The molecule has 1 heterocycles. The van der Waals surface area contributed by atoms with Crippen LogP contribution in [-0.4, -0.2) is 10.9 Å². The van der Waals surface area contributed by atoms with Gasteiger partial charge >= 0.3 is 0 Å². The average Bonchev–Trinajstić information content (AvgIpc) is 2.83. The summed E-state index contributed by atoms with van der Waals surface area (Å²) >= 11 is 7.44. The number of pyridine rings is 1. The maximum atomic E-state index is 13.5. The van der Waals surface area contributed by atoms with Crippen molar-refractivity contribution in [3.63, 3.8) is 0 Å². The highest BCUT2D eigenvalue weighted by atomic mass is 35.5. The van der Waals surface area contributed by atoms with Gasteiger partial charge in [-0.15, -0.1) is 0 Å². The first kappa shape index (κ1) is 21.9. The lowest BCUT2D eigenvalue weighted by Crippen LogP contribution is -2.25. The van der Waals surface area contributed by atoms with Crippen molar-refractivity contribution in [2.75, 3.05) is 0 Å². The van der Waals surface area contributed by atoms with Gasteiger partial charge in [-0.1, -0.05) is 54.1 Å². The fourth-order valence-corrected chi connectivity index (χ4v) is 3.80. The highest BCUT2D eigenvalue weighted by molar-refractivity contribution is 7.98. The third-order valence-corrected chi connectivity index (χ3v) is 5.74. The van der Waals surface area contributed by atoms with Crippen LogP contribution in [0.1, 0.15) is 5.56 Å². The average molecular weight is 463 g/mol. The largest absolute Gasteiger partial charge is 0.369 e. The second kappa shape index (κ2) is 10.3. The summed E-state index contributed by atoms with van der Waals surface area (Å²) in [7, 11) is 0. The molecule has 3 N–H and O–H groups in total. The Morgan fingerprint density at radius 1 is 0.969 bits per heavy atom. The number of hydrogen-bond acceptors (Lipinski definition) is 3. The molecule has 3 aromatic carbocycles. The van der Waals surface area contributed by atoms with E-state index in [-0.39, 0.29) is 5.82 Å². The summed E-state index contributed by atoms with van der Waals surface area (Å²) in [6, 6.07) is 25.7. The summed E-state index contributed by atoms with van der Waals surface area (Å²) in [5.41, 5.74) is 10.3. The second-order valence-corrected chi connectivity index (χ2v) is 8.29. The van der Waals surface area contributed by atoms with Crippen molar-refractivity contribution in [1.29, 1.82) is 0 Å². The molecule has 0 fully saturated rings. The zero-order valence-electron chi connectivity index (χ0n) is 17.0. The number of guanidine groups is 1. The van der Waals surface area contributed by atoms with E-state index in [1.165, 1.54) is 24.1 Å². The molecule has 4 aromatic rings. The number of aromatic nitrogens is 1. The smallest absolute Gasteiger partial charge is 0.199 e. The van der Waals surface area contributed by atoms with E-state index < -0.39 is 0 Å². The monoisotopic (exact) mass is 462 g/mol. The van der Waals surface area contributed by atoms with Gasteiger partial charge in [0.05, 0.1) is 12.2 Å². The van der Waals surface area contributed by atoms with Crippen LogP contribution >= 0.6 is 23.5 Å². The first-order valence-corrected chi connectivity index (χ1v) is 11.1. The number of rotatable bonds is 6. The Bertz CT molecular complexity index is 1210. The summed E-state index contributed by atoms with van der Waals surface area (Å²) < 4.78 is 16.5. The van der Waals surface area contributed by atoms with E-state index >= 15 is 0 Å². The molecule has 4 rings (SSSR count). The van der Waals surface area contributed by atoms with Gasteiger partial charge in [-0.2, -0.15) is 0 Å². The Kier molecular flexibility index (Phi) is 7.04. The number of nitrogens with two attached hydrogens (primary N) is 1. The maximum Gasteiger partial charge on any atom is 0.199 e. The Morgan fingerprint density at radius 2 is 1.66 bits per heavy atom. The van der Waals surface area contributed by atoms with Crippen LogP contribution in [0.4, 0.5) is 4.39 Å². The quantitative estimate of drug-likeness (QED) is 0.200. The highest BCUT2D eigenvalue weighted by Crippen LogP contribution is 2.32. The molecular weight excluding hydrogens is 443 g/mol. The van der Waals surface area contributed by atoms with Crippen LogP contribution in [0, 0.1) is 5.82 Å². The molecule has 0 radical (unpaired) electrons. The van der Waals surface area contributed by atoms with Crippen LogP contribution in [0.3, 0.4) is 0 Å². The molecule has 0 aliphatic rings. The van der Waals surface area contributed by atoms with Gasteiger partial charge in [0.15, 0.2) is 5.96 Å². The Balaban J connectivity index is 1.58. The summed E-state index contributed by atoms with van der Waals surface area (Å²) in [4.78, 5) is 10.1. The molecule has 0 bridgehead atoms. The first-order valence-electron chi connectivity index (χ1n) is 9.87. The normalized spacial score (nSPS) is 11.4. The Hall–Kier alpha value is -3.35. The fraction of sp³-hybridized carbons (Fsp3) is 0.0400. The molecule has 0 saturated heterocycles. The second-order valence-electron chi connectivity index (χ2n) is 6.97. The van der Waals surface area contributed by atoms with Gasteiger partial charge in [0.1, 0.15) is 5.82 Å². The number of hydrogen-bond donors (Lipinski definition) is 2. The molecule has 0 unspecified atom stereocenters. The van der Waals surface area contributed by atoms with Gasteiger partial charge < -0.3 is 5.73 Å². The van der Waals surface area contributed by atoms with Crippen LogP contribution in [0.5, 0.6) is 0 Å². The van der Waals surface area contributed by atoms with Gasteiger partial charge in [0.25, 0.3) is 0 Å². The van der Waals surface area contributed by atoms with Crippen LogP contribution < -0.4 is 10.5 Å². The van der Waals surface area contributed by atoms with Gasteiger partial charge in [0.2, 0.25) is 0 Å². The molecule has 160 valence electrons. The van der Waals surface area contributed by atoms with Crippen LogP contribution in [0.25, 0.3) is 22.4 Å². The molecule has 0 spiro atoms. The zero-order valence-corrected chi connectivity index (χ0v) is 18.6. The SMILES string of the molecule is NC(=NCc1cnc(-c2ccc(Cl)cc2)c(-c2ccc(F)cc2)c1)NSc1ccccc1. The van der Waals surface area contributed by atoms with Gasteiger partial charge in [-0.25, -0.2) is 9.38 Å². The zero-order chi connectivity index (χ0) is 22.3. The topological polar surface area (TPSA) is 63.3 Å². The van der Waals surface area contributed by atoms with Crippen molar-refractivity contribution >= 4 is 29.5 Å². The number of aliphatic imine (C=N–C) groups is 1. The van der Waals surface area contributed by atoms with E-state index in [1.54, 1.807) is 18.3 Å².